The zero-order chi connectivity index (χ0) is 16.2. The van der Waals surface area contributed by atoms with Gasteiger partial charge in [-0.25, -0.2) is 4.79 Å². The van der Waals surface area contributed by atoms with Crippen molar-refractivity contribution in [2.45, 2.75) is 37.3 Å². The van der Waals surface area contributed by atoms with Crippen molar-refractivity contribution < 1.29 is 34.8 Å². The molecular weight excluding hydrogens is 284 g/mol. The quantitative estimate of drug-likeness (QED) is 0.307. The molecule has 0 saturated heterocycles. The normalized spacial score (nSPS) is 28.0. The van der Waals surface area contributed by atoms with E-state index in [0.717, 1.165) is 0 Å². The molecule has 0 aromatic carbocycles. The minimum absolute atomic E-state index is 0.410. The highest BCUT2D eigenvalue weighted by Gasteiger charge is 2.42. The first-order chi connectivity index (χ1) is 9.81. The molecular formula is C12H20N2O7. The highest BCUT2D eigenvalue weighted by Crippen LogP contribution is 2.22. The molecule has 120 valence electrons. The van der Waals surface area contributed by atoms with Crippen molar-refractivity contribution in [3.05, 3.63) is 11.8 Å². The first-order valence-electron chi connectivity index (χ1n) is 6.35. The number of nitrogens with one attached hydrogen (secondary N) is 2. The fourth-order valence-electron chi connectivity index (χ4n) is 2.13. The fourth-order valence-corrected chi connectivity index (χ4v) is 2.13. The van der Waals surface area contributed by atoms with Crippen molar-refractivity contribution in [3.8, 4) is 0 Å². The monoisotopic (exact) mass is 304 g/mol. The molecule has 1 rings (SSSR count). The molecule has 0 aliphatic carbocycles. The molecule has 1 amide bonds. The van der Waals surface area contributed by atoms with Gasteiger partial charge < -0.3 is 35.8 Å². The molecule has 0 aromatic heterocycles. The van der Waals surface area contributed by atoms with Gasteiger partial charge >= 0.3 is 5.97 Å². The number of hydrogen-bond acceptors (Lipinski definition) is 7. The van der Waals surface area contributed by atoms with Crippen LogP contribution in [0.4, 0.5) is 0 Å². The Bertz CT molecular complexity index is 426. The Morgan fingerprint density at radius 2 is 2.05 bits per heavy atom. The summed E-state index contributed by atoms with van der Waals surface area (Å²) in [5.41, 5.74) is 0. The van der Waals surface area contributed by atoms with Gasteiger partial charge in [-0.3, -0.25) is 4.79 Å². The molecule has 9 nitrogen and oxygen atoms in total. The second-order valence-corrected chi connectivity index (χ2v) is 4.70. The summed E-state index contributed by atoms with van der Waals surface area (Å²) in [4.78, 5) is 22.3. The highest BCUT2D eigenvalue weighted by molar-refractivity contribution is 5.84. The van der Waals surface area contributed by atoms with Crippen LogP contribution in [0, 0.1) is 0 Å². The second-order valence-electron chi connectivity index (χ2n) is 4.70. The van der Waals surface area contributed by atoms with E-state index < -0.39 is 54.6 Å². The van der Waals surface area contributed by atoms with E-state index in [1.807, 2.05) is 0 Å². The van der Waals surface area contributed by atoms with E-state index >= 15 is 0 Å². The lowest BCUT2D eigenvalue weighted by atomic mass is 9.92. The second kappa shape index (κ2) is 7.36. The molecule has 9 heteroatoms. The van der Waals surface area contributed by atoms with Crippen molar-refractivity contribution in [2.75, 3.05) is 13.7 Å². The number of aliphatic carboxylic acids is 1. The number of aliphatic hydroxyl groups excluding tert-OH is 3. The third-order valence-electron chi connectivity index (χ3n) is 3.17. The van der Waals surface area contributed by atoms with Gasteiger partial charge in [0.25, 0.3) is 0 Å². The van der Waals surface area contributed by atoms with Gasteiger partial charge in [0.15, 0.2) is 0 Å². The lowest BCUT2D eigenvalue weighted by Gasteiger charge is -2.39. The summed E-state index contributed by atoms with van der Waals surface area (Å²) >= 11 is 0. The molecule has 0 bridgehead atoms. The standard InChI is InChI=1S/C12H20N2O7/c1-5(16)14-9-6(13-2)3-8(12(19)20)21-11(9)10(18)7(17)4-15/h3,6-7,9-11,13,15,17-18H,4H2,1-2H3,(H,14,16)(H,19,20). The van der Waals surface area contributed by atoms with E-state index in [0.29, 0.717) is 0 Å². The van der Waals surface area contributed by atoms with Crippen LogP contribution in [-0.4, -0.2) is 76.4 Å². The van der Waals surface area contributed by atoms with Gasteiger partial charge in [0.05, 0.1) is 18.7 Å². The Labute approximate surface area is 121 Å². The topological polar surface area (TPSA) is 148 Å². The molecule has 6 N–H and O–H groups in total. The summed E-state index contributed by atoms with van der Waals surface area (Å²) in [6.07, 6.45) is -3.08. The predicted molar refractivity (Wildman–Crippen MR) is 70.1 cm³/mol. The Hall–Kier alpha value is -1.68. The molecule has 1 aliphatic heterocycles. The molecule has 1 aliphatic rings. The molecule has 0 radical (unpaired) electrons. The Morgan fingerprint density at radius 1 is 1.43 bits per heavy atom. The van der Waals surface area contributed by atoms with E-state index in [1.165, 1.54) is 13.0 Å². The van der Waals surface area contributed by atoms with Crippen LogP contribution < -0.4 is 10.6 Å². The molecule has 1 heterocycles. The number of carbonyl (C=O) groups excluding carboxylic acids is 1. The number of amides is 1. The Kier molecular flexibility index (Phi) is 6.09. The molecule has 5 atom stereocenters. The number of aliphatic hydroxyl groups is 3. The van der Waals surface area contributed by atoms with E-state index in [2.05, 4.69) is 10.6 Å². The van der Waals surface area contributed by atoms with E-state index in [-0.39, 0.29) is 0 Å². The number of carboxylic acid groups (broad SMARTS) is 1. The summed E-state index contributed by atoms with van der Waals surface area (Å²) in [5, 5.41) is 42.8. The van der Waals surface area contributed by atoms with Crippen molar-refractivity contribution in [2.24, 2.45) is 0 Å². The van der Waals surface area contributed by atoms with Crippen molar-refractivity contribution in [1.29, 1.82) is 0 Å². The number of carbonyl (C=O) groups is 2. The molecule has 21 heavy (non-hydrogen) atoms. The van der Waals surface area contributed by atoms with E-state index in [1.54, 1.807) is 7.05 Å². The predicted octanol–water partition coefficient (Wildman–Crippen LogP) is -2.84. The van der Waals surface area contributed by atoms with E-state index in [9.17, 15) is 19.8 Å². The maximum atomic E-state index is 11.3. The van der Waals surface area contributed by atoms with Crippen molar-refractivity contribution >= 4 is 11.9 Å². The van der Waals surface area contributed by atoms with Crippen LogP contribution in [0.5, 0.6) is 0 Å². The number of carboxylic acids is 1. The number of hydrogen-bond donors (Lipinski definition) is 6. The first-order valence-corrected chi connectivity index (χ1v) is 6.35. The Balaban J connectivity index is 3.12. The third-order valence-corrected chi connectivity index (χ3v) is 3.17. The van der Waals surface area contributed by atoms with Crippen molar-refractivity contribution in [3.63, 3.8) is 0 Å². The minimum Gasteiger partial charge on any atom is -0.478 e. The third kappa shape index (κ3) is 4.14. The molecule has 0 saturated carbocycles. The summed E-state index contributed by atoms with van der Waals surface area (Å²) in [7, 11) is 1.55. The first kappa shape index (κ1) is 17.4. The van der Waals surface area contributed by atoms with Gasteiger partial charge in [-0.05, 0) is 13.1 Å². The van der Waals surface area contributed by atoms with Crippen LogP contribution >= 0.6 is 0 Å². The fraction of sp³-hybridized carbons (Fsp3) is 0.667. The van der Waals surface area contributed by atoms with Gasteiger partial charge in [0.1, 0.15) is 18.3 Å². The lowest BCUT2D eigenvalue weighted by Crippen LogP contribution is -2.62. The van der Waals surface area contributed by atoms with Gasteiger partial charge in [-0.2, -0.15) is 0 Å². The summed E-state index contributed by atoms with van der Waals surface area (Å²) in [6.45, 7) is 0.527. The molecule has 0 aromatic rings. The van der Waals surface area contributed by atoms with Crippen LogP contribution in [0.2, 0.25) is 0 Å². The Morgan fingerprint density at radius 3 is 2.48 bits per heavy atom. The van der Waals surface area contributed by atoms with Crippen LogP contribution in [0.3, 0.4) is 0 Å². The average molecular weight is 304 g/mol. The maximum Gasteiger partial charge on any atom is 0.370 e. The smallest absolute Gasteiger partial charge is 0.370 e. The molecule has 0 fully saturated rings. The van der Waals surface area contributed by atoms with Crippen LogP contribution in [0.1, 0.15) is 6.92 Å². The largest absolute Gasteiger partial charge is 0.478 e. The van der Waals surface area contributed by atoms with Gasteiger partial charge in [0, 0.05) is 6.92 Å². The molecule has 0 spiro atoms. The highest BCUT2D eigenvalue weighted by atomic mass is 16.5. The zero-order valence-corrected chi connectivity index (χ0v) is 11.7. The summed E-state index contributed by atoms with van der Waals surface area (Å²) in [6, 6.07) is -1.44. The number of ether oxygens (including phenoxy) is 1. The zero-order valence-electron chi connectivity index (χ0n) is 11.7. The minimum atomic E-state index is -1.58. The van der Waals surface area contributed by atoms with Gasteiger partial charge in [-0.15, -0.1) is 0 Å². The number of likely N-dealkylation sites (N-methyl/N-ethyl adjacent to an activating group) is 1. The number of rotatable bonds is 6. The average Bonchev–Trinajstić information content (AvgIpc) is 2.44. The van der Waals surface area contributed by atoms with E-state index in [4.69, 9.17) is 14.9 Å². The van der Waals surface area contributed by atoms with Crippen molar-refractivity contribution in [1.82, 2.24) is 10.6 Å². The summed E-state index contributed by atoms with van der Waals surface area (Å²) in [5.74, 6) is -2.16. The van der Waals surface area contributed by atoms with Crippen LogP contribution in [0.15, 0.2) is 11.8 Å². The maximum absolute atomic E-state index is 11.3. The van der Waals surface area contributed by atoms with Crippen LogP contribution in [-0.2, 0) is 14.3 Å². The molecule has 5 unspecified atom stereocenters. The summed E-state index contributed by atoms with van der Waals surface area (Å²) < 4.78 is 5.16. The van der Waals surface area contributed by atoms with Gasteiger partial charge in [-0.1, -0.05) is 0 Å². The van der Waals surface area contributed by atoms with Gasteiger partial charge in [0.2, 0.25) is 11.7 Å². The lowest BCUT2D eigenvalue weighted by molar-refractivity contribution is -0.146. The SMILES string of the molecule is CNC1C=C(C(=O)O)OC(C(O)C(O)CO)C1NC(C)=O. The van der Waals surface area contributed by atoms with Crippen LogP contribution in [0.25, 0.3) is 0 Å².